The van der Waals surface area contributed by atoms with Crippen molar-refractivity contribution < 1.29 is 0 Å². The first-order valence-corrected chi connectivity index (χ1v) is 6.16. The van der Waals surface area contributed by atoms with E-state index in [1.165, 1.54) is 17.6 Å². The van der Waals surface area contributed by atoms with Crippen LogP contribution >= 0.6 is 0 Å². The minimum atomic E-state index is 0.848. The molecular weight excluding hydrogens is 182 g/mol. The van der Waals surface area contributed by atoms with Gasteiger partial charge in [0.05, 0.1) is 0 Å². The van der Waals surface area contributed by atoms with E-state index in [2.05, 4.69) is 13.0 Å². The van der Waals surface area contributed by atoms with Crippen molar-refractivity contribution >= 4 is 5.71 Å². The highest BCUT2D eigenvalue weighted by atomic mass is 14.4. The van der Waals surface area contributed by atoms with Crippen molar-refractivity contribution in [2.24, 2.45) is 0 Å². The van der Waals surface area contributed by atoms with Crippen LogP contribution in [0.3, 0.4) is 0 Å². The topological polar surface area (TPSA) is 23.9 Å². The number of hydrogen-bond donors (Lipinski definition) is 1. The van der Waals surface area contributed by atoms with Gasteiger partial charge in [0, 0.05) is 5.71 Å². The second-order valence-corrected chi connectivity index (χ2v) is 2.99. The molecule has 0 aromatic heterocycles. The summed E-state index contributed by atoms with van der Waals surface area (Å²) in [5.41, 5.74) is 3.39. The van der Waals surface area contributed by atoms with Gasteiger partial charge in [-0.25, -0.2) is 0 Å². The molecule has 0 aromatic rings. The molecule has 0 unspecified atom stereocenters. The van der Waals surface area contributed by atoms with Crippen molar-refractivity contribution in [3.05, 3.63) is 23.3 Å². The van der Waals surface area contributed by atoms with Gasteiger partial charge in [-0.3, -0.25) is 0 Å². The fraction of sp³-hybridized carbons (Fsp3) is 0.643. The zero-order valence-electron chi connectivity index (χ0n) is 11.3. The van der Waals surface area contributed by atoms with Gasteiger partial charge in [0.15, 0.2) is 0 Å². The van der Waals surface area contributed by atoms with Crippen molar-refractivity contribution in [3.63, 3.8) is 0 Å². The summed E-state index contributed by atoms with van der Waals surface area (Å²) in [6, 6.07) is 0. The van der Waals surface area contributed by atoms with Gasteiger partial charge in [0.25, 0.3) is 0 Å². The monoisotopic (exact) mass is 209 g/mol. The van der Waals surface area contributed by atoms with E-state index in [1.807, 2.05) is 40.7 Å². The highest BCUT2D eigenvalue weighted by Gasteiger charge is 2.14. The summed E-state index contributed by atoms with van der Waals surface area (Å²) in [5.74, 6) is 0. The van der Waals surface area contributed by atoms with Gasteiger partial charge in [0.1, 0.15) is 0 Å². The zero-order valence-corrected chi connectivity index (χ0v) is 11.3. The predicted molar refractivity (Wildman–Crippen MR) is 71.8 cm³/mol. The molecule has 1 saturated carbocycles. The Balaban J connectivity index is 0. The molecule has 0 amide bonds. The third-order valence-corrected chi connectivity index (χ3v) is 2.11. The second-order valence-electron chi connectivity index (χ2n) is 2.99. The standard InChI is InChI=1S/C10H15N.2C2H6/c1-3-5-8(2)9-6-4-7-10(9)11;2*1-2/h3,5,11H,4,6-7H2,1-2H3;2*1-2H3/b5-3-,9-8-,11-10?;;. The maximum Gasteiger partial charge on any atom is 0.0348 e. The average Bonchev–Trinajstić information content (AvgIpc) is 2.71. The molecule has 0 aliphatic heterocycles. The number of allylic oxidation sites excluding steroid dienone is 4. The minimum Gasteiger partial charge on any atom is -0.305 e. The Kier molecular flexibility index (Phi) is 12.4. The summed E-state index contributed by atoms with van der Waals surface area (Å²) in [5, 5.41) is 7.62. The number of rotatable bonds is 1. The van der Waals surface area contributed by atoms with Gasteiger partial charge >= 0.3 is 0 Å². The van der Waals surface area contributed by atoms with E-state index in [4.69, 9.17) is 5.41 Å². The van der Waals surface area contributed by atoms with Gasteiger partial charge < -0.3 is 5.41 Å². The van der Waals surface area contributed by atoms with Crippen LogP contribution in [0.5, 0.6) is 0 Å². The summed E-state index contributed by atoms with van der Waals surface area (Å²) < 4.78 is 0. The molecule has 1 heteroatoms. The van der Waals surface area contributed by atoms with E-state index < -0.39 is 0 Å². The normalized spacial score (nSPS) is 17.9. The third kappa shape index (κ3) is 6.27. The quantitative estimate of drug-likeness (QED) is 0.618. The molecule has 15 heavy (non-hydrogen) atoms. The van der Waals surface area contributed by atoms with Crippen LogP contribution in [-0.4, -0.2) is 5.71 Å². The third-order valence-electron chi connectivity index (χ3n) is 2.11. The Morgan fingerprint density at radius 2 is 1.67 bits per heavy atom. The molecule has 0 spiro atoms. The van der Waals surface area contributed by atoms with Gasteiger partial charge in [-0.05, 0) is 44.3 Å². The molecular formula is C14H27N. The maximum absolute atomic E-state index is 7.62. The van der Waals surface area contributed by atoms with Crippen LogP contribution in [0.25, 0.3) is 0 Å². The first-order chi connectivity index (χ1) is 7.25. The lowest BCUT2D eigenvalue weighted by Gasteiger charge is -1.99. The fourth-order valence-electron chi connectivity index (χ4n) is 1.53. The maximum atomic E-state index is 7.62. The zero-order chi connectivity index (χ0) is 12.3. The number of hydrogen-bond acceptors (Lipinski definition) is 1. The first kappa shape index (κ1) is 16.6. The Hall–Kier alpha value is -0.850. The molecule has 1 aliphatic carbocycles. The van der Waals surface area contributed by atoms with Crippen LogP contribution in [-0.2, 0) is 0 Å². The van der Waals surface area contributed by atoms with Crippen LogP contribution in [0, 0.1) is 5.41 Å². The van der Waals surface area contributed by atoms with Crippen molar-refractivity contribution in [1.29, 1.82) is 5.41 Å². The van der Waals surface area contributed by atoms with E-state index in [0.717, 1.165) is 18.6 Å². The summed E-state index contributed by atoms with van der Waals surface area (Å²) >= 11 is 0. The van der Waals surface area contributed by atoms with E-state index in [-0.39, 0.29) is 0 Å². The molecule has 1 rings (SSSR count). The van der Waals surface area contributed by atoms with Crippen LogP contribution in [0.15, 0.2) is 23.3 Å². The molecule has 0 saturated heterocycles. The smallest absolute Gasteiger partial charge is 0.0348 e. The van der Waals surface area contributed by atoms with Crippen molar-refractivity contribution in [2.45, 2.75) is 60.8 Å². The number of nitrogens with one attached hydrogen (secondary N) is 1. The van der Waals surface area contributed by atoms with Gasteiger partial charge in [-0.1, -0.05) is 39.8 Å². The molecule has 1 aliphatic rings. The molecule has 0 radical (unpaired) electrons. The van der Waals surface area contributed by atoms with Crippen LogP contribution < -0.4 is 0 Å². The van der Waals surface area contributed by atoms with Crippen molar-refractivity contribution in [1.82, 2.24) is 0 Å². The first-order valence-electron chi connectivity index (χ1n) is 6.16. The molecule has 0 heterocycles. The lowest BCUT2D eigenvalue weighted by Crippen LogP contribution is -1.92. The van der Waals surface area contributed by atoms with Gasteiger partial charge in [-0.15, -0.1) is 0 Å². The highest BCUT2D eigenvalue weighted by molar-refractivity contribution is 6.00. The van der Waals surface area contributed by atoms with Gasteiger partial charge in [-0.2, -0.15) is 0 Å². The Bertz CT molecular complexity index is 221. The van der Waals surface area contributed by atoms with E-state index in [1.54, 1.807) is 0 Å². The summed E-state index contributed by atoms with van der Waals surface area (Å²) in [4.78, 5) is 0. The fourth-order valence-corrected chi connectivity index (χ4v) is 1.53. The molecule has 1 fully saturated rings. The second kappa shape index (κ2) is 11.2. The molecule has 0 aromatic carbocycles. The molecule has 88 valence electrons. The average molecular weight is 209 g/mol. The Labute approximate surface area is 95.8 Å². The highest BCUT2D eigenvalue weighted by Crippen LogP contribution is 2.24. The lowest BCUT2D eigenvalue weighted by atomic mass is 10.1. The largest absolute Gasteiger partial charge is 0.305 e. The van der Waals surface area contributed by atoms with E-state index in [9.17, 15) is 0 Å². The Morgan fingerprint density at radius 3 is 2.00 bits per heavy atom. The van der Waals surface area contributed by atoms with E-state index in [0.29, 0.717) is 0 Å². The summed E-state index contributed by atoms with van der Waals surface area (Å²) in [6.07, 6.45) is 7.38. The van der Waals surface area contributed by atoms with Crippen LogP contribution in [0.1, 0.15) is 60.8 Å². The van der Waals surface area contributed by atoms with Gasteiger partial charge in [0.2, 0.25) is 0 Å². The lowest BCUT2D eigenvalue weighted by molar-refractivity contribution is 0.941. The predicted octanol–water partition coefficient (Wildman–Crippen LogP) is 5.14. The van der Waals surface area contributed by atoms with Crippen LogP contribution in [0.4, 0.5) is 0 Å². The molecule has 1 nitrogen and oxygen atoms in total. The summed E-state index contributed by atoms with van der Waals surface area (Å²) in [6.45, 7) is 12.1. The van der Waals surface area contributed by atoms with E-state index >= 15 is 0 Å². The molecule has 1 N–H and O–H groups in total. The van der Waals surface area contributed by atoms with Crippen molar-refractivity contribution in [3.8, 4) is 0 Å². The Morgan fingerprint density at radius 1 is 1.13 bits per heavy atom. The minimum absolute atomic E-state index is 0.848. The molecule has 0 bridgehead atoms. The van der Waals surface area contributed by atoms with Crippen molar-refractivity contribution in [2.75, 3.05) is 0 Å². The molecule has 0 atom stereocenters. The SMILES string of the molecule is C/C=C\C(C)=C1\CCCC1=N.CC.CC. The summed E-state index contributed by atoms with van der Waals surface area (Å²) in [7, 11) is 0. The van der Waals surface area contributed by atoms with Crippen LogP contribution in [0.2, 0.25) is 0 Å².